The van der Waals surface area contributed by atoms with E-state index >= 15 is 0 Å². The van der Waals surface area contributed by atoms with Crippen molar-refractivity contribution in [2.75, 3.05) is 13.2 Å². The number of nitrogens with one attached hydrogen (secondary N) is 1. The molecule has 3 heteroatoms. The van der Waals surface area contributed by atoms with Gasteiger partial charge in [-0.3, -0.25) is 0 Å². The van der Waals surface area contributed by atoms with Gasteiger partial charge in [-0.1, -0.05) is 19.8 Å². The van der Waals surface area contributed by atoms with Crippen molar-refractivity contribution in [2.45, 2.75) is 39.5 Å². The largest absolute Gasteiger partial charge is 0.450 e. The van der Waals surface area contributed by atoms with Crippen LogP contribution in [0.15, 0.2) is 0 Å². The molecule has 0 unspecified atom stereocenters. The maximum absolute atomic E-state index is 10.8. The molecule has 0 rings (SSSR count). The molecule has 0 bridgehead atoms. The molecule has 0 spiro atoms. The molecule has 0 saturated carbocycles. The minimum atomic E-state index is -0.307. The Balaban J connectivity index is 3.02. The molecule has 0 heterocycles. The standard InChI is InChI=1S/C10H20NO2/c1-3-5-6-7-8-9-11-10(12)13-4-2/h6H,3-5,7-9H2,1-2H3,(H,11,12). The summed E-state index contributed by atoms with van der Waals surface area (Å²) in [6.07, 6.45) is 6.38. The Hall–Kier alpha value is -0.730. The van der Waals surface area contributed by atoms with Gasteiger partial charge in [-0.05, 0) is 26.2 Å². The molecular weight excluding hydrogens is 166 g/mol. The van der Waals surface area contributed by atoms with E-state index in [0.717, 1.165) is 12.8 Å². The Labute approximate surface area is 80.8 Å². The van der Waals surface area contributed by atoms with Gasteiger partial charge in [-0.25, -0.2) is 4.79 Å². The molecule has 0 aromatic rings. The van der Waals surface area contributed by atoms with Crippen molar-refractivity contribution in [1.82, 2.24) is 5.32 Å². The minimum Gasteiger partial charge on any atom is -0.450 e. The molecule has 3 nitrogen and oxygen atoms in total. The van der Waals surface area contributed by atoms with Gasteiger partial charge in [0.1, 0.15) is 0 Å². The van der Waals surface area contributed by atoms with Crippen LogP contribution in [0.2, 0.25) is 0 Å². The number of unbranched alkanes of at least 4 members (excludes halogenated alkanes) is 4. The number of carbonyl (C=O) groups excluding carboxylic acids is 1. The Bertz CT molecular complexity index is 126. The van der Waals surface area contributed by atoms with E-state index in [2.05, 4.69) is 18.7 Å². The van der Waals surface area contributed by atoms with Crippen LogP contribution in [-0.4, -0.2) is 19.2 Å². The summed E-state index contributed by atoms with van der Waals surface area (Å²) in [5.74, 6) is 0. The molecule has 13 heavy (non-hydrogen) atoms. The molecule has 1 amide bonds. The van der Waals surface area contributed by atoms with Gasteiger partial charge >= 0.3 is 6.09 Å². The molecular formula is C10H20NO2. The van der Waals surface area contributed by atoms with Crippen molar-refractivity contribution in [3.63, 3.8) is 0 Å². The lowest BCUT2D eigenvalue weighted by atomic mass is 10.1. The molecule has 0 saturated heterocycles. The van der Waals surface area contributed by atoms with Crippen molar-refractivity contribution in [2.24, 2.45) is 0 Å². The van der Waals surface area contributed by atoms with Crippen molar-refractivity contribution < 1.29 is 9.53 Å². The second-order valence-corrected chi connectivity index (χ2v) is 2.87. The van der Waals surface area contributed by atoms with E-state index in [4.69, 9.17) is 4.74 Å². The zero-order chi connectivity index (χ0) is 9.94. The van der Waals surface area contributed by atoms with Crippen LogP contribution in [0.4, 0.5) is 4.79 Å². The zero-order valence-electron chi connectivity index (χ0n) is 8.64. The fourth-order valence-electron chi connectivity index (χ4n) is 0.967. The molecule has 0 aliphatic rings. The highest BCUT2D eigenvalue weighted by Crippen LogP contribution is 1.99. The highest BCUT2D eigenvalue weighted by molar-refractivity contribution is 5.66. The second kappa shape index (κ2) is 9.36. The summed E-state index contributed by atoms with van der Waals surface area (Å²) in [4.78, 5) is 10.8. The third-order valence-corrected chi connectivity index (χ3v) is 1.62. The van der Waals surface area contributed by atoms with Crippen LogP contribution in [0.3, 0.4) is 0 Å². The van der Waals surface area contributed by atoms with E-state index in [1.54, 1.807) is 6.92 Å². The van der Waals surface area contributed by atoms with Crippen LogP contribution < -0.4 is 5.32 Å². The smallest absolute Gasteiger partial charge is 0.407 e. The van der Waals surface area contributed by atoms with E-state index in [0.29, 0.717) is 13.2 Å². The second-order valence-electron chi connectivity index (χ2n) is 2.87. The number of ether oxygens (including phenoxy) is 1. The quantitative estimate of drug-likeness (QED) is 0.620. The summed E-state index contributed by atoms with van der Waals surface area (Å²) in [5, 5.41) is 2.68. The van der Waals surface area contributed by atoms with Gasteiger partial charge in [0, 0.05) is 6.54 Å². The van der Waals surface area contributed by atoms with Crippen LogP contribution in [0.1, 0.15) is 39.5 Å². The van der Waals surface area contributed by atoms with Gasteiger partial charge in [0.15, 0.2) is 0 Å². The Kier molecular flexibility index (Phi) is 8.83. The molecule has 0 aromatic carbocycles. The van der Waals surface area contributed by atoms with E-state index in [1.807, 2.05) is 0 Å². The maximum Gasteiger partial charge on any atom is 0.407 e. The minimum absolute atomic E-state index is 0.307. The summed E-state index contributed by atoms with van der Waals surface area (Å²) in [5.41, 5.74) is 0. The number of amides is 1. The molecule has 0 atom stereocenters. The van der Waals surface area contributed by atoms with E-state index in [9.17, 15) is 4.79 Å². The highest BCUT2D eigenvalue weighted by Gasteiger charge is 1.97. The van der Waals surface area contributed by atoms with E-state index in [1.165, 1.54) is 12.8 Å². The fourth-order valence-corrected chi connectivity index (χ4v) is 0.967. The zero-order valence-corrected chi connectivity index (χ0v) is 8.64. The summed E-state index contributed by atoms with van der Waals surface area (Å²) in [7, 11) is 0. The average Bonchev–Trinajstić information content (AvgIpc) is 2.11. The van der Waals surface area contributed by atoms with Crippen LogP contribution in [0.5, 0.6) is 0 Å². The third-order valence-electron chi connectivity index (χ3n) is 1.62. The third kappa shape index (κ3) is 9.18. The molecule has 0 fully saturated rings. The molecule has 77 valence electrons. The van der Waals surface area contributed by atoms with Gasteiger partial charge in [0.2, 0.25) is 0 Å². The number of hydrogen-bond acceptors (Lipinski definition) is 2. The van der Waals surface area contributed by atoms with E-state index in [-0.39, 0.29) is 6.09 Å². The summed E-state index contributed by atoms with van der Waals surface area (Å²) >= 11 is 0. The van der Waals surface area contributed by atoms with Crippen molar-refractivity contribution in [3.05, 3.63) is 6.42 Å². The number of carbonyl (C=O) groups is 1. The molecule has 0 aliphatic carbocycles. The first-order valence-electron chi connectivity index (χ1n) is 5.03. The predicted octanol–water partition coefficient (Wildman–Crippen LogP) is 2.52. The first-order chi connectivity index (χ1) is 6.31. The topological polar surface area (TPSA) is 38.3 Å². The first kappa shape index (κ1) is 12.3. The highest BCUT2D eigenvalue weighted by atomic mass is 16.5. The molecule has 0 aromatic heterocycles. The fraction of sp³-hybridized carbons (Fsp3) is 0.800. The number of hydrogen-bond donors (Lipinski definition) is 1. The van der Waals surface area contributed by atoms with Crippen LogP contribution >= 0.6 is 0 Å². The van der Waals surface area contributed by atoms with Gasteiger partial charge < -0.3 is 10.1 Å². The van der Waals surface area contributed by atoms with Gasteiger partial charge in [-0.15, -0.1) is 0 Å². The van der Waals surface area contributed by atoms with Crippen molar-refractivity contribution in [3.8, 4) is 0 Å². The normalized spacial score (nSPS) is 9.69. The van der Waals surface area contributed by atoms with Crippen LogP contribution in [-0.2, 0) is 4.74 Å². The summed E-state index contributed by atoms with van der Waals surface area (Å²) in [6.45, 7) is 5.11. The Morgan fingerprint density at radius 2 is 2.15 bits per heavy atom. The SMILES string of the molecule is CCC[CH]CCCNC(=O)OCC. The van der Waals surface area contributed by atoms with E-state index < -0.39 is 0 Å². The Morgan fingerprint density at radius 1 is 1.38 bits per heavy atom. The Morgan fingerprint density at radius 3 is 2.77 bits per heavy atom. The van der Waals surface area contributed by atoms with Crippen molar-refractivity contribution in [1.29, 1.82) is 0 Å². The monoisotopic (exact) mass is 186 g/mol. The lowest BCUT2D eigenvalue weighted by Gasteiger charge is -2.04. The lowest BCUT2D eigenvalue weighted by molar-refractivity contribution is 0.152. The lowest BCUT2D eigenvalue weighted by Crippen LogP contribution is -2.25. The van der Waals surface area contributed by atoms with Crippen LogP contribution in [0.25, 0.3) is 0 Å². The van der Waals surface area contributed by atoms with Crippen molar-refractivity contribution >= 4 is 6.09 Å². The average molecular weight is 186 g/mol. The molecule has 1 N–H and O–H groups in total. The first-order valence-corrected chi connectivity index (χ1v) is 5.03. The van der Waals surface area contributed by atoms with Gasteiger partial charge in [0.05, 0.1) is 6.61 Å². The van der Waals surface area contributed by atoms with Gasteiger partial charge in [0.25, 0.3) is 0 Å². The predicted molar refractivity (Wildman–Crippen MR) is 53.5 cm³/mol. The number of rotatable bonds is 7. The summed E-state index contributed by atoms with van der Waals surface area (Å²) in [6, 6.07) is 0. The molecule has 0 aliphatic heterocycles. The summed E-state index contributed by atoms with van der Waals surface area (Å²) < 4.78 is 4.71. The maximum atomic E-state index is 10.8. The van der Waals surface area contributed by atoms with Gasteiger partial charge in [-0.2, -0.15) is 0 Å². The molecule has 1 radical (unpaired) electrons. The van der Waals surface area contributed by atoms with Crippen LogP contribution in [0, 0.1) is 6.42 Å². The number of alkyl carbamates (subject to hydrolysis) is 1.